The maximum atomic E-state index is 13.3. The molecule has 1 heterocycles. The molecule has 0 radical (unpaired) electrons. The van der Waals surface area contributed by atoms with Gasteiger partial charge in [-0.2, -0.15) is 0 Å². The molecule has 1 aliphatic carbocycles. The highest BCUT2D eigenvalue weighted by atomic mass is 19.1. The van der Waals surface area contributed by atoms with Crippen LogP contribution < -0.4 is 0 Å². The number of amides is 1. The molecule has 1 aromatic carbocycles. The van der Waals surface area contributed by atoms with Crippen LogP contribution >= 0.6 is 0 Å². The fourth-order valence-electron chi connectivity index (χ4n) is 3.55. The Morgan fingerprint density at radius 2 is 2.33 bits per heavy atom. The molecule has 1 aliphatic heterocycles. The predicted molar refractivity (Wildman–Crippen MR) is 78.3 cm³/mol. The van der Waals surface area contributed by atoms with E-state index in [1.54, 1.807) is 13.0 Å². The third kappa shape index (κ3) is 3.10. The van der Waals surface area contributed by atoms with Crippen LogP contribution in [0.4, 0.5) is 4.39 Å². The minimum atomic E-state index is -0.374. The van der Waals surface area contributed by atoms with E-state index in [1.807, 2.05) is 11.0 Å². The summed E-state index contributed by atoms with van der Waals surface area (Å²) in [6, 6.07) is 6.75. The maximum absolute atomic E-state index is 13.3. The summed E-state index contributed by atoms with van der Waals surface area (Å²) < 4.78 is 13.3. The molecule has 4 atom stereocenters. The number of benzene rings is 1. The molecular formula is C17H22FNO2. The topological polar surface area (TPSA) is 40.5 Å². The van der Waals surface area contributed by atoms with Crippen LogP contribution in [0, 0.1) is 11.7 Å². The molecule has 21 heavy (non-hydrogen) atoms. The van der Waals surface area contributed by atoms with Gasteiger partial charge in [-0.15, -0.1) is 0 Å². The Morgan fingerprint density at radius 1 is 1.52 bits per heavy atom. The molecule has 1 amide bonds. The van der Waals surface area contributed by atoms with Gasteiger partial charge in [-0.3, -0.25) is 4.79 Å². The first-order valence-corrected chi connectivity index (χ1v) is 7.80. The number of nitrogens with zero attached hydrogens (tertiary/aromatic N) is 1. The van der Waals surface area contributed by atoms with E-state index in [9.17, 15) is 14.3 Å². The van der Waals surface area contributed by atoms with E-state index in [2.05, 4.69) is 0 Å². The predicted octanol–water partition coefficient (Wildman–Crippen LogP) is 2.69. The van der Waals surface area contributed by atoms with Crippen LogP contribution in [0.15, 0.2) is 24.3 Å². The molecule has 3 rings (SSSR count). The summed E-state index contributed by atoms with van der Waals surface area (Å²) in [4.78, 5) is 14.6. The third-order valence-electron chi connectivity index (χ3n) is 4.66. The van der Waals surface area contributed by atoms with E-state index in [1.165, 1.54) is 12.1 Å². The number of hydrogen-bond acceptors (Lipinski definition) is 2. The lowest BCUT2D eigenvalue weighted by molar-refractivity contribution is -0.133. The van der Waals surface area contributed by atoms with Crippen LogP contribution in [0.25, 0.3) is 0 Å². The number of rotatable bonds is 4. The van der Waals surface area contributed by atoms with Crippen LogP contribution in [-0.4, -0.2) is 34.6 Å². The number of halogens is 1. The summed E-state index contributed by atoms with van der Waals surface area (Å²) in [6.07, 6.45) is 3.10. The Labute approximate surface area is 124 Å². The zero-order valence-electron chi connectivity index (χ0n) is 12.3. The van der Waals surface area contributed by atoms with Gasteiger partial charge in [0.15, 0.2) is 0 Å². The number of hydrogen-bond donors (Lipinski definition) is 1. The number of aliphatic hydroxyl groups is 1. The number of aliphatic hydroxyl groups excluding tert-OH is 1. The summed E-state index contributed by atoms with van der Waals surface area (Å²) in [7, 11) is 0. The Bertz CT molecular complexity index is 531. The molecule has 2 aliphatic rings. The Kier molecular flexibility index (Phi) is 3.98. The second-order valence-corrected chi connectivity index (χ2v) is 6.42. The largest absolute Gasteiger partial charge is 0.393 e. The summed E-state index contributed by atoms with van der Waals surface area (Å²) in [5.74, 6) is 0.119. The molecule has 114 valence electrons. The first-order valence-electron chi connectivity index (χ1n) is 7.80. The average Bonchev–Trinajstić information content (AvgIpc) is 3.11. The van der Waals surface area contributed by atoms with Crippen LogP contribution in [0.3, 0.4) is 0 Å². The number of likely N-dealkylation sites (tertiary alicyclic amines) is 1. The molecule has 1 saturated heterocycles. The van der Waals surface area contributed by atoms with Crippen molar-refractivity contribution in [1.29, 1.82) is 0 Å². The minimum absolute atomic E-state index is 0.00130. The Hall–Kier alpha value is -1.42. The van der Waals surface area contributed by atoms with Crippen molar-refractivity contribution in [3.8, 4) is 0 Å². The molecule has 1 aromatic rings. The fraction of sp³-hybridized carbons (Fsp3) is 0.588. The molecule has 4 unspecified atom stereocenters. The van der Waals surface area contributed by atoms with E-state index >= 15 is 0 Å². The molecule has 3 nitrogen and oxygen atoms in total. The van der Waals surface area contributed by atoms with Gasteiger partial charge in [0.1, 0.15) is 5.82 Å². The van der Waals surface area contributed by atoms with E-state index in [0.717, 1.165) is 31.4 Å². The minimum Gasteiger partial charge on any atom is -0.393 e. The Morgan fingerprint density at radius 3 is 3.05 bits per heavy atom. The highest BCUT2D eigenvalue weighted by Gasteiger charge is 2.47. The van der Waals surface area contributed by atoms with Gasteiger partial charge in [0, 0.05) is 18.5 Å². The van der Waals surface area contributed by atoms with E-state index in [4.69, 9.17) is 0 Å². The van der Waals surface area contributed by atoms with Crippen molar-refractivity contribution in [3.63, 3.8) is 0 Å². The first-order chi connectivity index (χ1) is 10.1. The van der Waals surface area contributed by atoms with E-state index in [-0.39, 0.29) is 35.7 Å². The van der Waals surface area contributed by atoms with Gasteiger partial charge in [-0.25, -0.2) is 4.39 Å². The standard InChI is InChI=1S/C17H22FNO2/c1-11(20)8-14-6-3-7-19(14)17(21)16-10-15(16)12-4-2-5-13(18)9-12/h2,4-5,9,11,14-16,20H,3,6-8,10H2,1H3. The van der Waals surface area contributed by atoms with E-state index < -0.39 is 0 Å². The highest BCUT2D eigenvalue weighted by molar-refractivity contribution is 5.83. The zero-order valence-corrected chi connectivity index (χ0v) is 12.3. The molecule has 1 N–H and O–H groups in total. The van der Waals surface area contributed by atoms with Gasteiger partial charge in [0.05, 0.1) is 6.10 Å². The summed E-state index contributed by atoms with van der Waals surface area (Å²) in [5, 5.41) is 9.55. The molecule has 1 saturated carbocycles. The summed E-state index contributed by atoms with van der Waals surface area (Å²) >= 11 is 0. The van der Waals surface area contributed by atoms with Gasteiger partial charge < -0.3 is 10.0 Å². The van der Waals surface area contributed by atoms with Crippen molar-refractivity contribution >= 4 is 5.91 Å². The number of carbonyl (C=O) groups excluding carboxylic acids is 1. The van der Waals surface area contributed by atoms with Crippen LogP contribution in [0.5, 0.6) is 0 Å². The number of carbonyl (C=O) groups is 1. The van der Waals surface area contributed by atoms with Gasteiger partial charge in [0.25, 0.3) is 0 Å². The second-order valence-electron chi connectivity index (χ2n) is 6.42. The van der Waals surface area contributed by atoms with Crippen molar-refractivity contribution in [2.75, 3.05) is 6.54 Å². The van der Waals surface area contributed by atoms with Crippen LogP contribution in [0.2, 0.25) is 0 Å². The summed E-state index contributed by atoms with van der Waals surface area (Å²) in [5.41, 5.74) is 0.930. The monoisotopic (exact) mass is 291 g/mol. The lowest BCUT2D eigenvalue weighted by Crippen LogP contribution is -2.38. The van der Waals surface area contributed by atoms with Crippen molar-refractivity contribution in [2.24, 2.45) is 5.92 Å². The third-order valence-corrected chi connectivity index (χ3v) is 4.66. The smallest absolute Gasteiger partial charge is 0.226 e. The van der Waals surface area contributed by atoms with Crippen molar-refractivity contribution in [3.05, 3.63) is 35.6 Å². The Balaban J connectivity index is 1.64. The second kappa shape index (κ2) is 5.76. The fourth-order valence-corrected chi connectivity index (χ4v) is 3.55. The molecule has 0 aromatic heterocycles. The van der Waals surface area contributed by atoms with Crippen molar-refractivity contribution in [2.45, 2.75) is 50.7 Å². The van der Waals surface area contributed by atoms with Crippen molar-refractivity contribution < 1.29 is 14.3 Å². The van der Waals surface area contributed by atoms with Gasteiger partial charge >= 0.3 is 0 Å². The van der Waals surface area contributed by atoms with Crippen LogP contribution in [0.1, 0.15) is 44.1 Å². The highest BCUT2D eigenvalue weighted by Crippen LogP contribution is 2.49. The lowest BCUT2D eigenvalue weighted by atomic mass is 10.1. The molecule has 4 heteroatoms. The normalized spacial score (nSPS) is 29.5. The molecule has 0 bridgehead atoms. The maximum Gasteiger partial charge on any atom is 0.226 e. The van der Waals surface area contributed by atoms with Gasteiger partial charge in [-0.1, -0.05) is 12.1 Å². The first kappa shape index (κ1) is 14.5. The quantitative estimate of drug-likeness (QED) is 0.926. The molecule has 0 spiro atoms. The SMILES string of the molecule is CC(O)CC1CCCN1C(=O)C1CC1c1cccc(F)c1. The molecule has 2 fully saturated rings. The van der Waals surface area contributed by atoms with Gasteiger partial charge in [-0.05, 0) is 56.2 Å². The molecular weight excluding hydrogens is 269 g/mol. The summed E-state index contributed by atoms with van der Waals surface area (Å²) in [6.45, 7) is 2.57. The lowest BCUT2D eigenvalue weighted by Gasteiger charge is -2.26. The van der Waals surface area contributed by atoms with Crippen molar-refractivity contribution in [1.82, 2.24) is 4.90 Å². The average molecular weight is 291 g/mol. The van der Waals surface area contributed by atoms with E-state index in [0.29, 0.717) is 6.42 Å². The zero-order chi connectivity index (χ0) is 15.0. The van der Waals surface area contributed by atoms with Crippen LogP contribution in [-0.2, 0) is 4.79 Å². The van der Waals surface area contributed by atoms with Gasteiger partial charge in [0.2, 0.25) is 5.91 Å².